The van der Waals surface area contributed by atoms with E-state index in [9.17, 15) is 29.2 Å². The summed E-state index contributed by atoms with van der Waals surface area (Å²) in [6, 6.07) is 4.41. The van der Waals surface area contributed by atoms with E-state index in [1.807, 2.05) is 0 Å². The molecule has 0 aromatic heterocycles. The van der Waals surface area contributed by atoms with E-state index in [2.05, 4.69) is 0 Å². The summed E-state index contributed by atoms with van der Waals surface area (Å²) in [7, 11) is 0. The maximum atomic E-state index is 13.8. The Hall–Kier alpha value is -2.26. The van der Waals surface area contributed by atoms with Crippen LogP contribution in [0.5, 0.6) is 11.5 Å². The van der Waals surface area contributed by atoms with Crippen molar-refractivity contribution in [3.05, 3.63) is 47.0 Å². The number of halogens is 2. The summed E-state index contributed by atoms with van der Waals surface area (Å²) in [5.41, 5.74) is 1.41. The number of benzene rings is 2. The number of aliphatic hydroxyl groups excluding tert-OH is 2. The van der Waals surface area contributed by atoms with Gasteiger partial charge in [-0.2, -0.15) is 0 Å². The Bertz CT molecular complexity index is 845. The van der Waals surface area contributed by atoms with Crippen molar-refractivity contribution >= 4 is 0 Å². The molecule has 0 radical (unpaired) electrons. The van der Waals surface area contributed by atoms with E-state index in [0.717, 1.165) is 18.2 Å². The Morgan fingerprint density at radius 3 is 2.07 bits per heavy atom. The molecule has 0 bridgehead atoms. The highest BCUT2D eigenvalue weighted by molar-refractivity contribution is 5.77. The van der Waals surface area contributed by atoms with Gasteiger partial charge in [-0.1, -0.05) is 13.0 Å². The first-order valence-electron chi connectivity index (χ1n) is 8.94. The molecule has 1 aliphatic heterocycles. The third-order valence-corrected chi connectivity index (χ3v) is 4.87. The molecule has 28 heavy (non-hydrogen) atoms. The van der Waals surface area contributed by atoms with E-state index in [0.29, 0.717) is 17.5 Å². The van der Waals surface area contributed by atoms with E-state index >= 15 is 0 Å². The fourth-order valence-electron chi connectivity index (χ4n) is 3.52. The van der Waals surface area contributed by atoms with Crippen LogP contribution >= 0.6 is 0 Å². The molecule has 2 aromatic carbocycles. The predicted molar refractivity (Wildman–Crippen MR) is 95.9 cm³/mol. The number of hydrogen-bond acceptors (Lipinski definition) is 6. The maximum Gasteiger partial charge on any atom is 0.162 e. The molecule has 0 spiro atoms. The minimum Gasteiger partial charge on any atom is -0.508 e. The van der Waals surface area contributed by atoms with Crippen LogP contribution in [0.2, 0.25) is 0 Å². The summed E-state index contributed by atoms with van der Waals surface area (Å²) in [5.74, 6) is -2.52. The second kappa shape index (κ2) is 8.40. The number of aromatic hydroxyl groups is 2. The normalized spacial score (nSPS) is 20.0. The largest absolute Gasteiger partial charge is 0.508 e. The second-order valence-corrected chi connectivity index (χ2v) is 6.58. The van der Waals surface area contributed by atoms with Crippen molar-refractivity contribution in [1.82, 2.24) is 0 Å². The highest BCUT2D eigenvalue weighted by atomic mass is 19.2. The van der Waals surface area contributed by atoms with Crippen molar-refractivity contribution in [2.45, 2.75) is 38.3 Å². The smallest absolute Gasteiger partial charge is 0.162 e. The van der Waals surface area contributed by atoms with Crippen LogP contribution in [0.1, 0.15) is 18.1 Å². The van der Waals surface area contributed by atoms with Gasteiger partial charge in [-0.15, -0.1) is 0 Å². The molecule has 2 aromatic rings. The van der Waals surface area contributed by atoms with Gasteiger partial charge in [0.25, 0.3) is 0 Å². The van der Waals surface area contributed by atoms with Crippen LogP contribution in [0.25, 0.3) is 11.1 Å². The van der Waals surface area contributed by atoms with Gasteiger partial charge in [0.15, 0.2) is 17.9 Å². The Balaban J connectivity index is 2.07. The Morgan fingerprint density at radius 2 is 1.54 bits per heavy atom. The van der Waals surface area contributed by atoms with Crippen LogP contribution in [0.4, 0.5) is 8.78 Å². The zero-order valence-corrected chi connectivity index (χ0v) is 15.2. The van der Waals surface area contributed by atoms with Gasteiger partial charge in [-0.25, -0.2) is 8.78 Å². The molecule has 1 fully saturated rings. The van der Waals surface area contributed by atoms with Gasteiger partial charge in [0.1, 0.15) is 23.7 Å². The van der Waals surface area contributed by atoms with Gasteiger partial charge in [0.2, 0.25) is 0 Å². The fraction of sp³-hybridized carbons (Fsp3) is 0.400. The van der Waals surface area contributed by atoms with Crippen molar-refractivity contribution in [3.63, 3.8) is 0 Å². The van der Waals surface area contributed by atoms with Gasteiger partial charge in [-0.05, 0) is 35.2 Å². The lowest BCUT2D eigenvalue weighted by molar-refractivity contribution is -0.0725. The third-order valence-electron chi connectivity index (χ3n) is 4.87. The lowest BCUT2D eigenvalue weighted by Crippen LogP contribution is -2.29. The Kier molecular flexibility index (Phi) is 6.14. The highest BCUT2D eigenvalue weighted by Gasteiger charge is 2.36. The van der Waals surface area contributed by atoms with Crippen LogP contribution in [-0.2, 0) is 22.3 Å². The topological polar surface area (TPSA) is 99.4 Å². The number of rotatable bonds is 6. The molecule has 2 atom stereocenters. The summed E-state index contributed by atoms with van der Waals surface area (Å²) in [6.07, 6.45) is -1.82. The molecule has 0 saturated carbocycles. The van der Waals surface area contributed by atoms with Crippen molar-refractivity contribution in [2.24, 2.45) is 0 Å². The summed E-state index contributed by atoms with van der Waals surface area (Å²) in [4.78, 5) is 0. The number of ether oxygens (including phenoxy) is 2. The Labute approximate surface area is 160 Å². The lowest BCUT2D eigenvalue weighted by atomic mass is 9.90. The molecule has 1 saturated heterocycles. The monoisotopic (exact) mass is 396 g/mol. The van der Waals surface area contributed by atoms with Crippen LogP contribution < -0.4 is 0 Å². The first kappa shape index (κ1) is 20.5. The standard InChI is InChI=1S/C20H22F2O6/c1-2-11-12(6-19-27-17(8-23)18(9-24)28-19)20(16(26)7-15(11)25)10-3-4-13(21)14(22)5-10/h3-5,7,17-19,23-26H,2,6,8-9H2,1H3/t17-,18-/m1/s1. The minimum atomic E-state index is -1.07. The molecule has 4 N–H and O–H groups in total. The summed E-state index contributed by atoms with van der Waals surface area (Å²) in [5, 5.41) is 39.4. The molecule has 6 nitrogen and oxygen atoms in total. The highest BCUT2D eigenvalue weighted by Crippen LogP contribution is 2.41. The van der Waals surface area contributed by atoms with Crippen LogP contribution in [0, 0.1) is 11.6 Å². The zero-order chi connectivity index (χ0) is 20.4. The van der Waals surface area contributed by atoms with Gasteiger partial charge in [-0.3, -0.25) is 0 Å². The molecule has 8 heteroatoms. The molecule has 0 amide bonds. The third kappa shape index (κ3) is 3.81. The SMILES string of the molecule is CCc1c(O)cc(O)c(-c2ccc(F)c(F)c2)c1CC1O[C@H](CO)[C@@H](CO)O1. The minimum absolute atomic E-state index is 0.0620. The molecular weight excluding hydrogens is 374 g/mol. The van der Waals surface area contributed by atoms with Gasteiger partial charge >= 0.3 is 0 Å². The first-order chi connectivity index (χ1) is 13.4. The van der Waals surface area contributed by atoms with Crippen molar-refractivity contribution in [2.75, 3.05) is 13.2 Å². The van der Waals surface area contributed by atoms with Crippen molar-refractivity contribution in [3.8, 4) is 22.6 Å². The van der Waals surface area contributed by atoms with Crippen LogP contribution in [0.15, 0.2) is 24.3 Å². The molecule has 3 rings (SSSR count). The van der Waals surface area contributed by atoms with E-state index in [-0.39, 0.29) is 42.3 Å². The molecule has 152 valence electrons. The van der Waals surface area contributed by atoms with Gasteiger partial charge in [0, 0.05) is 18.1 Å². The van der Waals surface area contributed by atoms with Gasteiger partial charge < -0.3 is 29.9 Å². The lowest BCUT2D eigenvalue weighted by Gasteiger charge is -2.20. The Morgan fingerprint density at radius 1 is 0.893 bits per heavy atom. The first-order valence-corrected chi connectivity index (χ1v) is 8.94. The average Bonchev–Trinajstić information content (AvgIpc) is 3.06. The number of hydrogen-bond donors (Lipinski definition) is 4. The van der Waals surface area contributed by atoms with E-state index in [4.69, 9.17) is 9.47 Å². The van der Waals surface area contributed by atoms with Gasteiger partial charge in [0.05, 0.1) is 13.2 Å². The van der Waals surface area contributed by atoms with Crippen molar-refractivity contribution < 1.29 is 38.7 Å². The molecule has 0 unspecified atom stereocenters. The second-order valence-electron chi connectivity index (χ2n) is 6.58. The van der Waals surface area contributed by atoms with Crippen LogP contribution in [0.3, 0.4) is 0 Å². The van der Waals surface area contributed by atoms with E-state index < -0.39 is 30.1 Å². The van der Waals surface area contributed by atoms with E-state index in [1.165, 1.54) is 6.07 Å². The number of phenols is 2. The molecular formula is C20H22F2O6. The molecule has 1 heterocycles. The van der Waals surface area contributed by atoms with Crippen molar-refractivity contribution in [1.29, 1.82) is 0 Å². The summed E-state index contributed by atoms with van der Waals surface area (Å²) < 4.78 is 38.3. The summed E-state index contributed by atoms with van der Waals surface area (Å²) >= 11 is 0. The zero-order valence-electron chi connectivity index (χ0n) is 15.2. The number of phenolic OH excluding ortho intramolecular Hbond substituents is 2. The average molecular weight is 396 g/mol. The molecule has 0 aliphatic carbocycles. The maximum absolute atomic E-state index is 13.8. The predicted octanol–water partition coefficient (Wildman–Crippen LogP) is 2.24. The molecule has 1 aliphatic rings. The van der Waals surface area contributed by atoms with Crippen LogP contribution in [-0.4, -0.2) is 52.1 Å². The summed E-state index contributed by atoms with van der Waals surface area (Å²) in [6.45, 7) is 1.11. The fourth-order valence-corrected chi connectivity index (χ4v) is 3.52. The van der Waals surface area contributed by atoms with E-state index in [1.54, 1.807) is 6.92 Å². The number of aliphatic hydroxyl groups is 2. The quantitative estimate of drug-likeness (QED) is 0.598.